The summed E-state index contributed by atoms with van der Waals surface area (Å²) in [5.41, 5.74) is -0.212. The third-order valence-corrected chi connectivity index (χ3v) is 2.22. The van der Waals surface area contributed by atoms with Gasteiger partial charge in [-0.1, -0.05) is 6.92 Å². The van der Waals surface area contributed by atoms with Crippen LogP contribution < -0.4 is 10.9 Å². The Hall–Kier alpha value is -1.85. The van der Waals surface area contributed by atoms with Gasteiger partial charge < -0.3 is 15.4 Å². The Balaban J connectivity index is 2.26. The standard InChI is InChI=1S/C10H15N3O3/c1-7(10(15)16)3-2-4-11-8-5-9(14)13-6-12-8/h5-7H,2-4H2,1H3,(H,15,16)(H2,11,12,13,14). The molecule has 0 aliphatic heterocycles. The minimum Gasteiger partial charge on any atom is -0.481 e. The number of aliphatic carboxylic acids is 1. The highest BCUT2D eigenvalue weighted by Gasteiger charge is 2.09. The molecule has 0 spiro atoms. The van der Waals surface area contributed by atoms with Gasteiger partial charge in [-0.25, -0.2) is 4.98 Å². The van der Waals surface area contributed by atoms with E-state index >= 15 is 0 Å². The van der Waals surface area contributed by atoms with Crippen molar-refractivity contribution in [1.82, 2.24) is 9.97 Å². The van der Waals surface area contributed by atoms with Gasteiger partial charge in [0.1, 0.15) is 5.82 Å². The van der Waals surface area contributed by atoms with E-state index in [1.807, 2.05) is 0 Å². The Morgan fingerprint density at radius 3 is 3.06 bits per heavy atom. The van der Waals surface area contributed by atoms with Crippen molar-refractivity contribution in [2.75, 3.05) is 11.9 Å². The summed E-state index contributed by atoms with van der Waals surface area (Å²) in [5, 5.41) is 11.6. The van der Waals surface area contributed by atoms with Crippen LogP contribution in [0.3, 0.4) is 0 Å². The van der Waals surface area contributed by atoms with Gasteiger partial charge in [0.05, 0.1) is 12.2 Å². The molecule has 1 heterocycles. The fourth-order valence-corrected chi connectivity index (χ4v) is 1.21. The van der Waals surface area contributed by atoms with E-state index in [9.17, 15) is 9.59 Å². The molecule has 0 radical (unpaired) electrons. The third kappa shape index (κ3) is 4.12. The lowest BCUT2D eigenvalue weighted by molar-refractivity contribution is -0.141. The van der Waals surface area contributed by atoms with Crippen LogP contribution in [0.5, 0.6) is 0 Å². The number of hydrogen-bond donors (Lipinski definition) is 3. The van der Waals surface area contributed by atoms with Gasteiger partial charge in [-0.15, -0.1) is 0 Å². The van der Waals surface area contributed by atoms with E-state index in [-0.39, 0.29) is 11.5 Å². The van der Waals surface area contributed by atoms with Crippen molar-refractivity contribution < 1.29 is 9.90 Å². The quantitative estimate of drug-likeness (QED) is 0.619. The van der Waals surface area contributed by atoms with Crippen LogP contribution in [-0.4, -0.2) is 27.6 Å². The van der Waals surface area contributed by atoms with Gasteiger partial charge >= 0.3 is 5.97 Å². The number of nitrogens with one attached hydrogen (secondary N) is 2. The zero-order valence-corrected chi connectivity index (χ0v) is 9.06. The maximum Gasteiger partial charge on any atom is 0.306 e. The summed E-state index contributed by atoms with van der Waals surface area (Å²) in [6.07, 6.45) is 2.65. The zero-order chi connectivity index (χ0) is 12.0. The Labute approximate surface area is 92.7 Å². The highest BCUT2D eigenvalue weighted by atomic mass is 16.4. The molecule has 1 rings (SSSR count). The summed E-state index contributed by atoms with van der Waals surface area (Å²) >= 11 is 0. The van der Waals surface area contributed by atoms with Crippen molar-refractivity contribution in [3.05, 3.63) is 22.7 Å². The second-order valence-electron chi connectivity index (χ2n) is 3.60. The van der Waals surface area contributed by atoms with Crippen molar-refractivity contribution in [1.29, 1.82) is 0 Å². The lowest BCUT2D eigenvalue weighted by Crippen LogP contribution is -2.13. The number of rotatable bonds is 6. The molecule has 3 N–H and O–H groups in total. The van der Waals surface area contributed by atoms with Gasteiger partial charge in [-0.05, 0) is 12.8 Å². The zero-order valence-electron chi connectivity index (χ0n) is 9.06. The van der Waals surface area contributed by atoms with E-state index in [4.69, 9.17) is 5.11 Å². The number of anilines is 1. The summed E-state index contributed by atoms with van der Waals surface area (Å²) in [5.74, 6) is -0.616. The summed E-state index contributed by atoms with van der Waals surface area (Å²) in [6.45, 7) is 2.28. The van der Waals surface area contributed by atoms with Gasteiger partial charge in [-0.2, -0.15) is 0 Å². The van der Waals surface area contributed by atoms with Crippen LogP contribution in [-0.2, 0) is 4.79 Å². The molecule has 88 valence electrons. The van der Waals surface area contributed by atoms with Gasteiger partial charge in [0.15, 0.2) is 0 Å². The van der Waals surface area contributed by atoms with E-state index in [0.29, 0.717) is 18.8 Å². The van der Waals surface area contributed by atoms with Crippen molar-refractivity contribution in [2.24, 2.45) is 5.92 Å². The molecule has 0 amide bonds. The molecule has 0 bridgehead atoms. The van der Waals surface area contributed by atoms with Crippen molar-refractivity contribution >= 4 is 11.8 Å². The number of H-pyrrole nitrogens is 1. The molecule has 0 saturated heterocycles. The molecule has 1 atom stereocenters. The Kier molecular flexibility index (Phi) is 4.50. The van der Waals surface area contributed by atoms with Crippen LogP contribution in [0.1, 0.15) is 19.8 Å². The molecule has 1 unspecified atom stereocenters. The number of nitrogens with zero attached hydrogens (tertiary/aromatic N) is 1. The average molecular weight is 225 g/mol. The molecule has 0 fully saturated rings. The third-order valence-electron chi connectivity index (χ3n) is 2.22. The molecular formula is C10H15N3O3. The van der Waals surface area contributed by atoms with Gasteiger partial charge in [0.25, 0.3) is 5.56 Å². The molecule has 1 aromatic heterocycles. The van der Waals surface area contributed by atoms with Crippen LogP contribution >= 0.6 is 0 Å². The normalized spacial score (nSPS) is 12.1. The fraction of sp³-hybridized carbons (Fsp3) is 0.500. The average Bonchev–Trinajstić information content (AvgIpc) is 2.24. The lowest BCUT2D eigenvalue weighted by Gasteiger charge is -2.07. The Bertz CT molecular complexity index is 402. The molecule has 0 saturated carbocycles. The molecule has 0 aromatic carbocycles. The maximum absolute atomic E-state index is 10.9. The minimum absolute atomic E-state index is 0.212. The Morgan fingerprint density at radius 2 is 2.44 bits per heavy atom. The van der Waals surface area contributed by atoms with Gasteiger partial charge in [0, 0.05) is 12.6 Å². The van der Waals surface area contributed by atoms with E-state index in [1.165, 1.54) is 12.4 Å². The van der Waals surface area contributed by atoms with Crippen molar-refractivity contribution in [2.45, 2.75) is 19.8 Å². The molecule has 6 nitrogen and oxygen atoms in total. The van der Waals surface area contributed by atoms with Crippen LogP contribution in [0.25, 0.3) is 0 Å². The second kappa shape index (κ2) is 5.89. The largest absolute Gasteiger partial charge is 0.481 e. The van der Waals surface area contributed by atoms with Crippen LogP contribution in [0, 0.1) is 5.92 Å². The highest BCUT2D eigenvalue weighted by Crippen LogP contribution is 2.05. The fourth-order valence-electron chi connectivity index (χ4n) is 1.21. The van der Waals surface area contributed by atoms with Crippen LogP contribution in [0.15, 0.2) is 17.2 Å². The first-order valence-corrected chi connectivity index (χ1v) is 5.11. The van der Waals surface area contributed by atoms with Crippen LogP contribution in [0.2, 0.25) is 0 Å². The first-order valence-electron chi connectivity index (χ1n) is 5.11. The number of carboxylic acid groups (broad SMARTS) is 1. The summed E-state index contributed by atoms with van der Waals surface area (Å²) in [7, 11) is 0. The van der Waals surface area contributed by atoms with E-state index in [2.05, 4.69) is 15.3 Å². The molecule has 0 aliphatic carbocycles. The topological polar surface area (TPSA) is 95.1 Å². The first kappa shape index (κ1) is 12.2. The molecule has 1 aromatic rings. The number of hydrogen-bond acceptors (Lipinski definition) is 4. The first-order chi connectivity index (χ1) is 7.59. The molecule has 6 heteroatoms. The summed E-state index contributed by atoms with van der Waals surface area (Å²) in [4.78, 5) is 27.8. The minimum atomic E-state index is -0.783. The Morgan fingerprint density at radius 1 is 1.69 bits per heavy atom. The van der Waals surface area contributed by atoms with Gasteiger partial charge in [0.2, 0.25) is 0 Å². The SMILES string of the molecule is CC(CCCNc1cc(=O)[nH]cn1)C(=O)O. The molecule has 0 aliphatic rings. The van der Waals surface area contributed by atoms with Crippen molar-refractivity contribution in [3.8, 4) is 0 Å². The number of carboxylic acids is 1. The number of aromatic amines is 1. The maximum atomic E-state index is 10.9. The smallest absolute Gasteiger partial charge is 0.306 e. The monoisotopic (exact) mass is 225 g/mol. The van der Waals surface area contributed by atoms with E-state index < -0.39 is 5.97 Å². The van der Waals surface area contributed by atoms with Crippen molar-refractivity contribution in [3.63, 3.8) is 0 Å². The molecular weight excluding hydrogens is 210 g/mol. The molecule has 16 heavy (non-hydrogen) atoms. The lowest BCUT2D eigenvalue weighted by atomic mass is 10.1. The second-order valence-corrected chi connectivity index (χ2v) is 3.60. The summed E-state index contributed by atoms with van der Waals surface area (Å²) < 4.78 is 0. The summed E-state index contributed by atoms with van der Waals surface area (Å²) in [6, 6.07) is 1.36. The van der Waals surface area contributed by atoms with E-state index in [0.717, 1.165) is 6.42 Å². The predicted octanol–water partition coefficient (Wildman–Crippen LogP) is 0.683. The highest BCUT2D eigenvalue weighted by molar-refractivity contribution is 5.69. The predicted molar refractivity (Wildman–Crippen MR) is 59.4 cm³/mol. The van der Waals surface area contributed by atoms with Crippen LogP contribution in [0.4, 0.5) is 5.82 Å². The number of aromatic nitrogens is 2. The van der Waals surface area contributed by atoms with Gasteiger partial charge in [-0.3, -0.25) is 9.59 Å². The van der Waals surface area contributed by atoms with E-state index in [1.54, 1.807) is 6.92 Å². The number of carbonyl (C=O) groups is 1.